The quantitative estimate of drug-likeness (QED) is 0.883. The van der Waals surface area contributed by atoms with Gasteiger partial charge in [-0.2, -0.15) is 0 Å². The summed E-state index contributed by atoms with van der Waals surface area (Å²) in [5, 5.41) is 0. The Kier molecular flexibility index (Phi) is 3.96. The van der Waals surface area contributed by atoms with Gasteiger partial charge in [-0.25, -0.2) is 4.79 Å². The lowest BCUT2D eigenvalue weighted by Gasteiger charge is -2.30. The molecule has 0 bridgehead atoms. The molecule has 1 atom stereocenters. The number of rotatable bonds is 3. The lowest BCUT2D eigenvalue weighted by Crippen LogP contribution is -2.42. The van der Waals surface area contributed by atoms with Crippen LogP contribution in [0.5, 0.6) is 0 Å². The second kappa shape index (κ2) is 6.05. The first-order valence-corrected chi connectivity index (χ1v) is 7.35. The summed E-state index contributed by atoms with van der Waals surface area (Å²) in [7, 11) is 0. The van der Waals surface area contributed by atoms with Crippen LogP contribution in [0.4, 0.5) is 0 Å². The largest absolute Gasteiger partial charge is 0.448 e. The fourth-order valence-corrected chi connectivity index (χ4v) is 2.67. The topological polar surface area (TPSA) is 62.4 Å². The molecule has 1 aliphatic rings. The molecule has 2 heterocycles. The van der Waals surface area contributed by atoms with E-state index in [1.54, 1.807) is 30.2 Å². The van der Waals surface area contributed by atoms with Gasteiger partial charge >= 0.3 is 5.97 Å². The Morgan fingerprint density at radius 1 is 1.18 bits per heavy atom. The van der Waals surface area contributed by atoms with Crippen molar-refractivity contribution in [2.75, 3.05) is 6.54 Å². The minimum atomic E-state index is -0.791. The van der Waals surface area contributed by atoms with Gasteiger partial charge in [-0.1, -0.05) is 24.3 Å². The molecule has 22 heavy (non-hydrogen) atoms. The first-order valence-electron chi connectivity index (χ1n) is 7.35. The van der Waals surface area contributed by atoms with Crippen molar-refractivity contribution in [1.82, 2.24) is 9.88 Å². The molecular weight excluding hydrogens is 280 g/mol. The van der Waals surface area contributed by atoms with Crippen molar-refractivity contribution in [3.05, 3.63) is 59.4 Å². The minimum absolute atomic E-state index is 0.158. The van der Waals surface area contributed by atoms with E-state index in [0.717, 1.165) is 12.0 Å². The maximum atomic E-state index is 12.5. The summed E-state index contributed by atoms with van der Waals surface area (Å²) in [4.78, 5) is 28.8. The van der Waals surface area contributed by atoms with E-state index in [2.05, 4.69) is 11.1 Å². The Balaban J connectivity index is 1.63. The zero-order valence-corrected chi connectivity index (χ0v) is 12.4. The van der Waals surface area contributed by atoms with Gasteiger partial charge < -0.3 is 14.6 Å². The van der Waals surface area contributed by atoms with Crippen LogP contribution in [0.3, 0.4) is 0 Å². The molecule has 114 valence electrons. The number of nitrogens with zero attached hydrogens (tertiary/aromatic N) is 1. The van der Waals surface area contributed by atoms with Crippen LogP contribution in [0.25, 0.3) is 0 Å². The van der Waals surface area contributed by atoms with Crippen molar-refractivity contribution in [3.8, 4) is 0 Å². The normalized spacial score (nSPS) is 15.0. The van der Waals surface area contributed by atoms with Gasteiger partial charge in [-0.05, 0) is 36.6 Å². The lowest BCUT2D eigenvalue weighted by molar-refractivity contribution is -0.140. The third-order valence-corrected chi connectivity index (χ3v) is 3.89. The highest BCUT2D eigenvalue weighted by atomic mass is 16.5. The van der Waals surface area contributed by atoms with Crippen LogP contribution in [-0.2, 0) is 22.5 Å². The second-order valence-corrected chi connectivity index (χ2v) is 5.41. The number of nitrogens with one attached hydrogen (secondary N) is 1. The first kappa shape index (κ1) is 14.4. The molecule has 1 amide bonds. The highest BCUT2D eigenvalue weighted by Crippen LogP contribution is 2.19. The van der Waals surface area contributed by atoms with Crippen molar-refractivity contribution in [2.24, 2.45) is 0 Å². The van der Waals surface area contributed by atoms with Crippen molar-refractivity contribution in [2.45, 2.75) is 26.0 Å². The molecule has 0 fully saturated rings. The van der Waals surface area contributed by atoms with Crippen molar-refractivity contribution in [3.63, 3.8) is 0 Å². The summed E-state index contributed by atoms with van der Waals surface area (Å²) in [6.07, 6.45) is 1.69. The lowest BCUT2D eigenvalue weighted by atomic mass is 9.99. The summed E-state index contributed by atoms with van der Waals surface area (Å²) >= 11 is 0. The number of aromatic nitrogens is 1. The fraction of sp³-hybridized carbons (Fsp3) is 0.294. The molecule has 1 aliphatic heterocycles. The number of benzene rings is 1. The van der Waals surface area contributed by atoms with Gasteiger partial charge in [0.2, 0.25) is 0 Å². The number of aromatic amines is 1. The summed E-state index contributed by atoms with van der Waals surface area (Å²) in [5.74, 6) is -0.669. The van der Waals surface area contributed by atoms with Gasteiger partial charge in [0.1, 0.15) is 5.69 Å². The third-order valence-electron chi connectivity index (χ3n) is 3.89. The van der Waals surface area contributed by atoms with Crippen LogP contribution < -0.4 is 0 Å². The van der Waals surface area contributed by atoms with Crippen LogP contribution in [0.2, 0.25) is 0 Å². The monoisotopic (exact) mass is 298 g/mol. The van der Waals surface area contributed by atoms with E-state index in [1.807, 2.05) is 18.2 Å². The molecule has 0 radical (unpaired) electrons. The Bertz CT molecular complexity index is 679. The van der Waals surface area contributed by atoms with E-state index in [9.17, 15) is 9.59 Å². The van der Waals surface area contributed by atoms with E-state index in [-0.39, 0.29) is 5.91 Å². The number of carbonyl (C=O) groups excluding carboxylic acids is 2. The van der Waals surface area contributed by atoms with Crippen molar-refractivity contribution < 1.29 is 14.3 Å². The first-order chi connectivity index (χ1) is 10.6. The SMILES string of the molecule is C[C@@H](OC(=O)c1ccc[nH]1)C(=O)N1CCc2ccccc2C1. The molecule has 2 aromatic rings. The molecule has 5 heteroatoms. The van der Waals surface area contributed by atoms with Crippen LogP contribution in [-0.4, -0.2) is 34.4 Å². The molecule has 1 N–H and O–H groups in total. The van der Waals surface area contributed by atoms with Crippen molar-refractivity contribution in [1.29, 1.82) is 0 Å². The number of ether oxygens (including phenoxy) is 1. The number of hydrogen-bond donors (Lipinski definition) is 1. The Hall–Kier alpha value is -2.56. The molecule has 5 nitrogen and oxygen atoms in total. The van der Waals surface area contributed by atoms with Crippen LogP contribution in [0.15, 0.2) is 42.6 Å². The summed E-state index contributed by atoms with van der Waals surface area (Å²) in [6.45, 7) is 2.84. The van der Waals surface area contributed by atoms with Gasteiger partial charge in [0.25, 0.3) is 5.91 Å². The van der Waals surface area contributed by atoms with Gasteiger partial charge in [-0.3, -0.25) is 4.79 Å². The zero-order chi connectivity index (χ0) is 15.5. The number of hydrogen-bond acceptors (Lipinski definition) is 3. The number of fused-ring (bicyclic) bond motifs is 1. The van der Waals surface area contributed by atoms with E-state index in [1.165, 1.54) is 5.56 Å². The Labute approximate surface area is 128 Å². The summed E-state index contributed by atoms with van der Waals surface area (Å²) < 4.78 is 5.24. The zero-order valence-electron chi connectivity index (χ0n) is 12.4. The number of esters is 1. The Morgan fingerprint density at radius 3 is 2.68 bits per heavy atom. The fourth-order valence-electron chi connectivity index (χ4n) is 2.67. The average Bonchev–Trinajstić information content (AvgIpc) is 3.08. The molecule has 0 saturated carbocycles. The predicted molar refractivity (Wildman–Crippen MR) is 81.2 cm³/mol. The van der Waals surface area contributed by atoms with Gasteiger partial charge in [0, 0.05) is 19.3 Å². The smallest absolute Gasteiger partial charge is 0.355 e. The maximum Gasteiger partial charge on any atom is 0.355 e. The molecule has 1 aromatic heterocycles. The van der Waals surface area contributed by atoms with Crippen LogP contribution in [0, 0.1) is 0 Å². The van der Waals surface area contributed by atoms with Gasteiger partial charge in [0.05, 0.1) is 0 Å². The highest BCUT2D eigenvalue weighted by Gasteiger charge is 2.27. The van der Waals surface area contributed by atoms with E-state index >= 15 is 0 Å². The Morgan fingerprint density at radius 2 is 1.95 bits per heavy atom. The summed E-state index contributed by atoms with van der Waals surface area (Å²) in [6, 6.07) is 11.4. The molecule has 1 aromatic carbocycles. The standard InChI is InChI=1S/C17H18N2O3/c1-12(22-17(21)15-7-4-9-18-15)16(20)19-10-8-13-5-2-3-6-14(13)11-19/h2-7,9,12,18H,8,10-11H2,1H3/t12-/m1/s1. The second-order valence-electron chi connectivity index (χ2n) is 5.41. The third kappa shape index (κ3) is 2.88. The van der Waals surface area contributed by atoms with Gasteiger partial charge in [0.15, 0.2) is 6.10 Å². The molecule has 3 rings (SSSR count). The maximum absolute atomic E-state index is 12.5. The predicted octanol–water partition coefficient (Wildman–Crippen LogP) is 2.14. The molecule has 0 spiro atoms. The molecule has 0 unspecified atom stereocenters. The summed E-state index contributed by atoms with van der Waals surface area (Å²) in [5.41, 5.74) is 2.79. The van der Waals surface area contributed by atoms with E-state index < -0.39 is 12.1 Å². The molecule has 0 aliphatic carbocycles. The van der Waals surface area contributed by atoms with Crippen molar-refractivity contribution >= 4 is 11.9 Å². The highest BCUT2D eigenvalue weighted by molar-refractivity contribution is 5.90. The van der Waals surface area contributed by atoms with Gasteiger partial charge in [-0.15, -0.1) is 0 Å². The van der Waals surface area contributed by atoms with Crippen LogP contribution >= 0.6 is 0 Å². The minimum Gasteiger partial charge on any atom is -0.448 e. The number of carbonyl (C=O) groups is 2. The molecular formula is C17H18N2O3. The number of amides is 1. The average molecular weight is 298 g/mol. The van der Waals surface area contributed by atoms with Crippen LogP contribution in [0.1, 0.15) is 28.5 Å². The number of H-pyrrole nitrogens is 1. The van der Waals surface area contributed by atoms with E-state index in [4.69, 9.17) is 4.74 Å². The molecule has 0 saturated heterocycles. The van der Waals surface area contributed by atoms with E-state index in [0.29, 0.717) is 18.8 Å².